The lowest BCUT2D eigenvalue weighted by molar-refractivity contribution is 1.87. The monoisotopic (exact) mass is 91.0 g/mol. The maximum Gasteiger partial charge on any atom is 0.0624 e. The second-order valence-corrected chi connectivity index (χ2v) is 1.67. The van der Waals surface area contributed by atoms with Crippen molar-refractivity contribution >= 4 is 11.4 Å². The highest BCUT2D eigenvalue weighted by molar-refractivity contribution is 5.89. The van der Waals surface area contributed by atoms with Gasteiger partial charge in [0.25, 0.3) is 0 Å². The van der Waals surface area contributed by atoms with Crippen molar-refractivity contribution in [2.45, 2.75) is 0 Å². The zero-order valence-electron chi connectivity index (χ0n) is 3.81. The van der Waals surface area contributed by atoms with Crippen LogP contribution >= 0.6 is 0 Å². The van der Waals surface area contributed by atoms with Gasteiger partial charge in [0, 0.05) is 0 Å². The number of anilines is 2. The summed E-state index contributed by atoms with van der Waals surface area (Å²) in [4.78, 5) is 0. The molecule has 1 aliphatic heterocycles. The van der Waals surface area contributed by atoms with Gasteiger partial charge in [0.15, 0.2) is 0 Å². The molecule has 34 valence electrons. The minimum absolute atomic E-state index is 1.28. The lowest BCUT2D eigenvalue weighted by Gasteiger charge is -1.65. The van der Waals surface area contributed by atoms with E-state index in [0.29, 0.717) is 0 Å². The predicted molar refractivity (Wildman–Crippen MR) is 29.7 cm³/mol. The summed E-state index contributed by atoms with van der Waals surface area (Å²) in [5.74, 6) is 0. The third kappa shape index (κ3) is 0.317. The highest BCUT2D eigenvalue weighted by Crippen LogP contribution is 2.36. The maximum absolute atomic E-state index is 3.09. The van der Waals surface area contributed by atoms with Crippen molar-refractivity contribution in [2.75, 3.05) is 5.32 Å². The van der Waals surface area contributed by atoms with E-state index in [0.717, 1.165) is 0 Å². The van der Waals surface area contributed by atoms with Gasteiger partial charge in [0.05, 0.1) is 11.4 Å². The molecule has 0 radical (unpaired) electrons. The lowest BCUT2D eigenvalue weighted by Crippen LogP contribution is -1.43. The Hall–Kier alpha value is -0.980. The summed E-state index contributed by atoms with van der Waals surface area (Å²) in [6.07, 6.45) is 0. The van der Waals surface area contributed by atoms with E-state index in [1.54, 1.807) is 0 Å². The molecule has 0 amide bonds. The zero-order chi connectivity index (χ0) is 4.69. The van der Waals surface area contributed by atoms with Crippen molar-refractivity contribution < 1.29 is 0 Å². The van der Waals surface area contributed by atoms with Crippen molar-refractivity contribution in [3.8, 4) is 0 Å². The molecule has 0 fully saturated rings. The fourth-order valence-electron chi connectivity index (χ4n) is 0.680. The quantitative estimate of drug-likeness (QED) is 0.490. The molecule has 0 bridgehead atoms. The maximum atomic E-state index is 3.09. The predicted octanol–water partition coefficient (Wildman–Crippen LogP) is 1.74. The summed E-state index contributed by atoms with van der Waals surface area (Å²) < 4.78 is 0. The van der Waals surface area contributed by atoms with Crippen LogP contribution in [-0.2, 0) is 0 Å². The van der Waals surface area contributed by atoms with Gasteiger partial charge in [-0.2, -0.15) is 0 Å². The van der Waals surface area contributed by atoms with Crippen LogP contribution in [0.5, 0.6) is 0 Å². The highest BCUT2D eigenvalue weighted by Gasteiger charge is 2.10. The van der Waals surface area contributed by atoms with E-state index in [1.807, 2.05) is 12.1 Å². The number of nitrogens with one attached hydrogen (secondary N) is 1. The molecule has 0 aliphatic carbocycles. The number of benzene rings is 1. The normalized spacial score (nSPS) is 12.0. The minimum atomic E-state index is 1.28. The zero-order valence-corrected chi connectivity index (χ0v) is 3.81. The van der Waals surface area contributed by atoms with E-state index in [-0.39, 0.29) is 0 Å². The molecule has 0 saturated heterocycles. The first-order chi connectivity index (χ1) is 3.47. The number of fused-ring (bicyclic) bond motifs is 1. The molecule has 1 heteroatoms. The summed E-state index contributed by atoms with van der Waals surface area (Å²) in [5.41, 5.74) is 2.56. The smallest absolute Gasteiger partial charge is 0.0624 e. The van der Waals surface area contributed by atoms with Crippen LogP contribution in [0.1, 0.15) is 0 Å². The summed E-state index contributed by atoms with van der Waals surface area (Å²) in [7, 11) is 0. The first-order valence-corrected chi connectivity index (χ1v) is 2.33. The Morgan fingerprint density at radius 2 is 1.57 bits per heavy atom. The summed E-state index contributed by atoms with van der Waals surface area (Å²) in [6.45, 7) is 0. The molecule has 1 aromatic carbocycles. The Morgan fingerprint density at radius 1 is 1.00 bits per heavy atom. The molecule has 1 aliphatic rings. The Labute approximate surface area is 42.0 Å². The molecule has 7 heavy (non-hydrogen) atoms. The van der Waals surface area contributed by atoms with Gasteiger partial charge in [0.2, 0.25) is 0 Å². The molecule has 0 spiro atoms. The number of para-hydroxylation sites is 2. The summed E-state index contributed by atoms with van der Waals surface area (Å²) in [5, 5.41) is 3.09. The fraction of sp³-hybridized carbons (Fsp3) is 0. The van der Waals surface area contributed by atoms with Crippen LogP contribution in [-0.4, -0.2) is 0 Å². The Kier molecular flexibility index (Phi) is 0.355. The van der Waals surface area contributed by atoms with Crippen molar-refractivity contribution in [2.24, 2.45) is 0 Å². The molecule has 0 aromatic heterocycles. The third-order valence-electron chi connectivity index (χ3n) is 1.13. The van der Waals surface area contributed by atoms with Gasteiger partial charge in [-0.3, -0.25) is 0 Å². The molecule has 1 nitrogen and oxygen atoms in total. The summed E-state index contributed by atoms with van der Waals surface area (Å²) in [6, 6.07) is 8.18. The number of rotatable bonds is 0. The van der Waals surface area contributed by atoms with E-state index in [9.17, 15) is 0 Å². The van der Waals surface area contributed by atoms with Crippen LogP contribution in [0, 0.1) is 0 Å². The van der Waals surface area contributed by atoms with E-state index >= 15 is 0 Å². The average Bonchev–Trinajstić information content (AvgIpc) is 2.41. The van der Waals surface area contributed by atoms with E-state index < -0.39 is 0 Å². The fourth-order valence-corrected chi connectivity index (χ4v) is 0.680. The van der Waals surface area contributed by atoms with Crippen molar-refractivity contribution in [3.05, 3.63) is 24.3 Å². The lowest BCUT2D eigenvalue weighted by atomic mass is 10.4. The van der Waals surface area contributed by atoms with Crippen LogP contribution in [0.2, 0.25) is 0 Å². The highest BCUT2D eigenvalue weighted by atomic mass is 15.0. The molecule has 1 heterocycles. The molecular formula is C6H5N. The van der Waals surface area contributed by atoms with Gasteiger partial charge in [-0.1, -0.05) is 12.1 Å². The van der Waals surface area contributed by atoms with Gasteiger partial charge in [-0.15, -0.1) is 0 Å². The topological polar surface area (TPSA) is 21.9 Å². The average molecular weight is 91.1 g/mol. The number of hydrogen-bond donors (Lipinski definition) is 1. The van der Waals surface area contributed by atoms with E-state index in [1.165, 1.54) is 11.4 Å². The van der Waals surface area contributed by atoms with Gasteiger partial charge in [0.1, 0.15) is 0 Å². The SMILES string of the molecule is c1ccc2c(c1)N2. The molecule has 0 atom stereocenters. The molecule has 2 rings (SSSR count). The Balaban J connectivity index is 2.73. The molecule has 0 saturated carbocycles. The van der Waals surface area contributed by atoms with Gasteiger partial charge >= 0.3 is 0 Å². The van der Waals surface area contributed by atoms with Crippen LogP contribution in [0.25, 0.3) is 0 Å². The largest absolute Gasteiger partial charge is 0.352 e. The Morgan fingerprint density at radius 3 is 2.00 bits per heavy atom. The molecular weight excluding hydrogens is 86.1 g/mol. The second-order valence-electron chi connectivity index (χ2n) is 1.67. The third-order valence-corrected chi connectivity index (χ3v) is 1.13. The van der Waals surface area contributed by atoms with Gasteiger partial charge < -0.3 is 5.32 Å². The summed E-state index contributed by atoms with van der Waals surface area (Å²) >= 11 is 0. The molecule has 1 N–H and O–H groups in total. The first kappa shape index (κ1) is 3.08. The van der Waals surface area contributed by atoms with Crippen LogP contribution in [0.4, 0.5) is 11.4 Å². The van der Waals surface area contributed by atoms with E-state index in [4.69, 9.17) is 0 Å². The van der Waals surface area contributed by atoms with Gasteiger partial charge in [-0.25, -0.2) is 0 Å². The van der Waals surface area contributed by atoms with Crippen LogP contribution < -0.4 is 5.32 Å². The van der Waals surface area contributed by atoms with Crippen molar-refractivity contribution in [1.29, 1.82) is 0 Å². The second kappa shape index (κ2) is 0.808. The van der Waals surface area contributed by atoms with Gasteiger partial charge in [-0.05, 0) is 12.1 Å². The van der Waals surface area contributed by atoms with Crippen LogP contribution in [0.3, 0.4) is 0 Å². The van der Waals surface area contributed by atoms with Crippen LogP contribution in [0.15, 0.2) is 24.3 Å². The molecule has 1 aromatic rings. The van der Waals surface area contributed by atoms with Crippen molar-refractivity contribution in [3.63, 3.8) is 0 Å². The Bertz CT molecular complexity index is 172. The minimum Gasteiger partial charge on any atom is -0.352 e. The molecule has 0 unspecified atom stereocenters. The standard InChI is InChI=1S/C6H5N/c1-2-4-6-5(3-1)7-6/h1-4,7H. The van der Waals surface area contributed by atoms with E-state index in [2.05, 4.69) is 17.4 Å². The first-order valence-electron chi connectivity index (χ1n) is 2.33. The van der Waals surface area contributed by atoms with Crippen molar-refractivity contribution in [1.82, 2.24) is 0 Å². The number of hydrogen-bond acceptors (Lipinski definition) is 1.